The van der Waals surface area contributed by atoms with Crippen LogP contribution in [0, 0.1) is 30.7 Å². The molecule has 4 heteroatoms. The second-order valence-electron chi connectivity index (χ2n) is 11.2. The molecule has 1 heterocycles. The van der Waals surface area contributed by atoms with E-state index < -0.39 is 5.41 Å². The summed E-state index contributed by atoms with van der Waals surface area (Å²) in [6, 6.07) is 22.7. The van der Waals surface area contributed by atoms with Gasteiger partial charge in [0.15, 0.2) is 5.78 Å². The van der Waals surface area contributed by atoms with E-state index in [-0.39, 0.29) is 37.1 Å². The van der Waals surface area contributed by atoms with Crippen LogP contribution in [-0.2, 0) is 24.9 Å². The van der Waals surface area contributed by atoms with E-state index >= 15 is 0 Å². The summed E-state index contributed by atoms with van der Waals surface area (Å²) in [6.45, 7) is 15.3. The molecule has 0 amide bonds. The fraction of sp³-hybridized carbons (Fsp3) is 0.312. The summed E-state index contributed by atoms with van der Waals surface area (Å²) in [5.41, 5.74) is 3.70. The molecule has 4 aromatic rings. The van der Waals surface area contributed by atoms with Gasteiger partial charge in [0.2, 0.25) is 0 Å². The molecule has 3 aromatic carbocycles. The molecule has 36 heavy (non-hydrogen) atoms. The van der Waals surface area contributed by atoms with Crippen LogP contribution in [0.3, 0.4) is 0 Å². The maximum atomic E-state index is 11.5. The molecule has 1 N–H and O–H groups in total. The predicted octanol–water partition coefficient (Wildman–Crippen LogP) is 8.56. The number of benzene rings is 3. The zero-order valence-electron chi connectivity index (χ0n) is 22.5. The maximum absolute atomic E-state index is 11.5. The smallest absolute Gasteiger partial charge is 0.164 e. The Balaban J connectivity index is 0.000000285. The normalized spacial score (nSPS) is 12.1. The van der Waals surface area contributed by atoms with Gasteiger partial charge in [0, 0.05) is 43.2 Å². The largest absolute Gasteiger partial charge is 0.512 e. The number of nitrogens with zero attached hydrogens (tertiary/aromatic N) is 1. The van der Waals surface area contributed by atoms with Crippen molar-refractivity contribution in [1.29, 1.82) is 0 Å². The maximum Gasteiger partial charge on any atom is 0.164 e. The van der Waals surface area contributed by atoms with Crippen LogP contribution in [0.5, 0.6) is 0 Å². The third-order valence-electron chi connectivity index (χ3n) is 5.85. The Morgan fingerprint density at radius 2 is 1.53 bits per heavy atom. The van der Waals surface area contributed by atoms with Crippen molar-refractivity contribution in [2.75, 3.05) is 0 Å². The van der Waals surface area contributed by atoms with Crippen molar-refractivity contribution >= 4 is 27.3 Å². The number of pyridine rings is 1. The average molecular weight is 659 g/mol. The molecule has 0 saturated carbocycles. The minimum Gasteiger partial charge on any atom is -0.512 e. The van der Waals surface area contributed by atoms with Gasteiger partial charge in [-0.15, -0.1) is 34.9 Å². The van der Waals surface area contributed by atoms with E-state index in [0.717, 1.165) is 16.8 Å². The van der Waals surface area contributed by atoms with E-state index in [9.17, 15) is 9.90 Å². The van der Waals surface area contributed by atoms with E-state index in [1.165, 1.54) is 33.2 Å². The molecule has 0 spiro atoms. The van der Waals surface area contributed by atoms with Crippen LogP contribution < -0.4 is 0 Å². The van der Waals surface area contributed by atoms with Crippen molar-refractivity contribution in [3.8, 4) is 11.3 Å². The van der Waals surface area contributed by atoms with Crippen molar-refractivity contribution in [3.05, 3.63) is 89.8 Å². The van der Waals surface area contributed by atoms with Gasteiger partial charge < -0.3 is 10.1 Å². The van der Waals surface area contributed by atoms with Crippen molar-refractivity contribution in [2.24, 2.45) is 10.8 Å². The fourth-order valence-corrected chi connectivity index (χ4v) is 3.73. The number of rotatable bonds is 2. The number of aliphatic hydroxyl groups excluding tert-OH is 1. The molecule has 0 fully saturated rings. The minimum absolute atomic E-state index is 0. The Morgan fingerprint density at radius 1 is 0.861 bits per heavy atom. The van der Waals surface area contributed by atoms with Crippen LogP contribution in [0.4, 0.5) is 0 Å². The molecular formula is C32H36IrNO2-. The molecule has 3 nitrogen and oxygen atoms in total. The second kappa shape index (κ2) is 11.5. The Morgan fingerprint density at radius 3 is 2.14 bits per heavy atom. The van der Waals surface area contributed by atoms with Crippen molar-refractivity contribution in [2.45, 2.75) is 55.4 Å². The number of fused-ring (bicyclic) bond motifs is 3. The zero-order valence-corrected chi connectivity index (χ0v) is 24.9. The van der Waals surface area contributed by atoms with Crippen LogP contribution in [0.25, 0.3) is 32.8 Å². The molecule has 0 saturated heterocycles. The Kier molecular flexibility index (Phi) is 9.40. The van der Waals surface area contributed by atoms with Gasteiger partial charge in [-0.3, -0.25) is 4.79 Å². The number of carbonyl (C=O) groups is 1. The number of hydrogen-bond donors (Lipinski definition) is 1. The first-order valence-corrected chi connectivity index (χ1v) is 12.0. The van der Waals surface area contributed by atoms with Gasteiger partial charge >= 0.3 is 0 Å². The van der Waals surface area contributed by atoms with Gasteiger partial charge in [0.25, 0.3) is 0 Å². The molecule has 0 unspecified atom stereocenters. The van der Waals surface area contributed by atoms with Crippen LogP contribution in [0.15, 0.2) is 72.6 Å². The molecule has 0 atom stereocenters. The van der Waals surface area contributed by atoms with Crippen molar-refractivity contribution < 1.29 is 30.0 Å². The molecule has 4 rings (SSSR count). The second-order valence-corrected chi connectivity index (χ2v) is 11.2. The van der Waals surface area contributed by atoms with Gasteiger partial charge in [-0.2, -0.15) is 0 Å². The number of aromatic nitrogens is 1. The van der Waals surface area contributed by atoms with Gasteiger partial charge in [-0.05, 0) is 33.3 Å². The molecule has 191 valence electrons. The summed E-state index contributed by atoms with van der Waals surface area (Å²) >= 11 is 0. The first kappa shape index (κ1) is 29.4. The van der Waals surface area contributed by atoms with Gasteiger partial charge in [0.05, 0.1) is 0 Å². The fourth-order valence-electron chi connectivity index (χ4n) is 3.73. The summed E-state index contributed by atoms with van der Waals surface area (Å²) in [5, 5.41) is 14.5. The number of carbonyl (C=O) groups excluding carboxylic acids is 1. The van der Waals surface area contributed by atoms with E-state index in [4.69, 9.17) is 0 Å². The monoisotopic (exact) mass is 659 g/mol. The van der Waals surface area contributed by atoms with E-state index in [1.54, 1.807) is 0 Å². The third kappa shape index (κ3) is 7.12. The van der Waals surface area contributed by atoms with Crippen molar-refractivity contribution in [3.63, 3.8) is 0 Å². The summed E-state index contributed by atoms with van der Waals surface area (Å²) in [4.78, 5) is 16.1. The topological polar surface area (TPSA) is 50.2 Å². The molecule has 1 aromatic heterocycles. The minimum atomic E-state index is -0.417. The number of aliphatic hydroxyl groups is 1. The van der Waals surface area contributed by atoms with Gasteiger partial charge in [-0.1, -0.05) is 91.8 Å². The number of aryl methyl sites for hydroxylation is 2. The summed E-state index contributed by atoms with van der Waals surface area (Å²) in [7, 11) is 0. The molecule has 0 aliphatic heterocycles. The average Bonchev–Trinajstić information content (AvgIpc) is 2.77. The molecular weight excluding hydrogens is 623 g/mol. The van der Waals surface area contributed by atoms with Crippen LogP contribution in [0.1, 0.15) is 52.7 Å². The third-order valence-corrected chi connectivity index (χ3v) is 5.85. The molecule has 0 aliphatic rings. The van der Waals surface area contributed by atoms with Crippen LogP contribution in [-0.4, -0.2) is 15.9 Å². The predicted molar refractivity (Wildman–Crippen MR) is 148 cm³/mol. The summed E-state index contributed by atoms with van der Waals surface area (Å²) in [6.07, 6.45) is 3.23. The SMILES string of the molecule is CC(C)(C)C(=O)/C=C(\O)C(C)(C)C.Cc1[c-]c(-c2nccc3c2ccc2ccccc23)cc(C)c1.[Ir]. The number of allylic oxidation sites excluding steroid dienone is 2. The molecule has 1 radical (unpaired) electrons. The first-order valence-electron chi connectivity index (χ1n) is 12.0. The summed E-state index contributed by atoms with van der Waals surface area (Å²) < 4.78 is 0. The van der Waals surface area contributed by atoms with E-state index in [0.29, 0.717) is 0 Å². The van der Waals surface area contributed by atoms with Crippen LogP contribution >= 0.6 is 0 Å². The Bertz CT molecular complexity index is 1390. The van der Waals surface area contributed by atoms with Gasteiger partial charge in [0.1, 0.15) is 5.76 Å². The van der Waals surface area contributed by atoms with Crippen molar-refractivity contribution in [1.82, 2.24) is 4.98 Å². The molecule has 0 bridgehead atoms. The zero-order chi connectivity index (χ0) is 26.0. The number of ketones is 1. The standard InChI is InChI=1S/C21H16N.C11H20O2.Ir/c1-14-11-15(2)13-17(12-14)21-20-8-7-16-5-3-4-6-18(16)19(20)9-10-22-21;1-10(2,3)8(12)7-9(13)11(4,5)6;/h3-12H,1-2H3;7,12H,1-6H3;/q-1;;/b;8-7-;. The Hall–Kier alpha value is -2.81. The van der Waals surface area contributed by atoms with E-state index in [1.807, 2.05) is 47.7 Å². The Labute approximate surface area is 229 Å². The first-order chi connectivity index (χ1) is 16.3. The van der Waals surface area contributed by atoms with Crippen LogP contribution in [0.2, 0.25) is 0 Å². The van der Waals surface area contributed by atoms with Gasteiger partial charge in [-0.25, -0.2) is 0 Å². The number of hydrogen-bond acceptors (Lipinski definition) is 3. The molecule has 0 aliphatic carbocycles. The van der Waals surface area contributed by atoms with E-state index in [2.05, 4.69) is 79.5 Å². The summed E-state index contributed by atoms with van der Waals surface area (Å²) in [5.74, 6) is 0.104. The quantitative estimate of drug-likeness (QED) is 0.102.